The number of carbonyl (C=O) groups is 1. The summed E-state index contributed by atoms with van der Waals surface area (Å²) >= 11 is 0. The zero-order valence-electron chi connectivity index (χ0n) is 16.0. The van der Waals surface area contributed by atoms with Crippen LogP contribution in [0.3, 0.4) is 0 Å². The molecule has 2 aliphatic heterocycles. The van der Waals surface area contributed by atoms with Gasteiger partial charge in [0.25, 0.3) is 5.91 Å². The summed E-state index contributed by atoms with van der Waals surface area (Å²) in [7, 11) is 4.29. The van der Waals surface area contributed by atoms with Crippen molar-refractivity contribution in [1.29, 1.82) is 0 Å². The van der Waals surface area contributed by atoms with Crippen LogP contribution in [0.15, 0.2) is 24.3 Å². The average molecular weight is 344 g/mol. The van der Waals surface area contributed by atoms with Gasteiger partial charge in [0.2, 0.25) is 0 Å². The Kier molecular flexibility index (Phi) is 5.80. The van der Waals surface area contributed by atoms with E-state index >= 15 is 0 Å². The molecule has 2 heterocycles. The summed E-state index contributed by atoms with van der Waals surface area (Å²) in [5, 5.41) is 0. The second-order valence-electron chi connectivity index (χ2n) is 8.14. The van der Waals surface area contributed by atoms with Gasteiger partial charge in [0, 0.05) is 25.3 Å². The molecule has 1 spiro atoms. The molecule has 1 unspecified atom stereocenters. The lowest BCUT2D eigenvalue weighted by molar-refractivity contribution is -0.124. The molecule has 25 heavy (non-hydrogen) atoms. The van der Waals surface area contributed by atoms with E-state index < -0.39 is 0 Å². The Morgan fingerprint density at radius 1 is 1.32 bits per heavy atom. The van der Waals surface area contributed by atoms with Crippen molar-refractivity contribution in [2.45, 2.75) is 44.6 Å². The summed E-state index contributed by atoms with van der Waals surface area (Å²) < 4.78 is 6.24. The van der Waals surface area contributed by atoms with Crippen LogP contribution in [0.2, 0.25) is 0 Å². The largest absolute Gasteiger partial charge is 0.375 e. The Bertz CT molecular complexity index is 591. The maximum atomic E-state index is 12.7. The lowest BCUT2D eigenvalue weighted by atomic mass is 9.78. The van der Waals surface area contributed by atoms with Gasteiger partial charge in [0.1, 0.15) is 0 Å². The second-order valence-corrected chi connectivity index (χ2v) is 8.14. The first-order valence-electron chi connectivity index (χ1n) is 9.62. The van der Waals surface area contributed by atoms with Crippen LogP contribution in [-0.2, 0) is 4.74 Å². The summed E-state index contributed by atoms with van der Waals surface area (Å²) in [4.78, 5) is 17.0. The van der Waals surface area contributed by atoms with Gasteiger partial charge < -0.3 is 14.5 Å². The van der Waals surface area contributed by atoms with Gasteiger partial charge in [0.05, 0.1) is 5.60 Å². The van der Waals surface area contributed by atoms with Gasteiger partial charge in [-0.1, -0.05) is 17.7 Å². The summed E-state index contributed by atoms with van der Waals surface area (Å²) in [6.45, 7) is 5.69. The Morgan fingerprint density at radius 2 is 2.08 bits per heavy atom. The van der Waals surface area contributed by atoms with Crippen molar-refractivity contribution in [2.75, 3.05) is 40.3 Å². The Morgan fingerprint density at radius 3 is 2.76 bits per heavy atom. The molecule has 0 aliphatic carbocycles. The summed E-state index contributed by atoms with van der Waals surface area (Å²) in [6, 6.07) is 7.91. The van der Waals surface area contributed by atoms with E-state index in [0.29, 0.717) is 0 Å². The number of hydrogen-bond donors (Lipinski definition) is 0. The van der Waals surface area contributed by atoms with Crippen molar-refractivity contribution in [2.24, 2.45) is 5.92 Å². The SMILES string of the molecule is Cc1cccc(C(=O)N2CCC3(CC2)CC(CCN(C)C)CCO3)c1. The quantitative estimate of drug-likeness (QED) is 0.840. The molecule has 0 radical (unpaired) electrons. The van der Waals surface area contributed by atoms with Crippen LogP contribution < -0.4 is 0 Å². The summed E-state index contributed by atoms with van der Waals surface area (Å²) in [5.41, 5.74) is 1.96. The van der Waals surface area contributed by atoms with Gasteiger partial charge in [-0.15, -0.1) is 0 Å². The molecule has 0 N–H and O–H groups in total. The van der Waals surface area contributed by atoms with Crippen LogP contribution in [0, 0.1) is 12.8 Å². The number of rotatable bonds is 4. The fourth-order valence-electron chi connectivity index (χ4n) is 4.24. The Hall–Kier alpha value is -1.39. The van der Waals surface area contributed by atoms with E-state index in [0.717, 1.165) is 62.5 Å². The maximum absolute atomic E-state index is 12.7. The molecular formula is C21H32N2O2. The number of hydrogen-bond acceptors (Lipinski definition) is 3. The molecule has 1 aromatic carbocycles. The van der Waals surface area contributed by atoms with Crippen LogP contribution in [0.4, 0.5) is 0 Å². The second kappa shape index (κ2) is 7.88. The molecule has 4 heteroatoms. The van der Waals surface area contributed by atoms with Crippen molar-refractivity contribution in [3.05, 3.63) is 35.4 Å². The molecule has 3 rings (SSSR count). The van der Waals surface area contributed by atoms with Crippen molar-refractivity contribution in [3.8, 4) is 0 Å². The molecule has 138 valence electrons. The highest BCUT2D eigenvalue weighted by Gasteiger charge is 2.41. The maximum Gasteiger partial charge on any atom is 0.253 e. The highest BCUT2D eigenvalue weighted by molar-refractivity contribution is 5.94. The molecule has 2 aliphatic rings. The third-order valence-electron chi connectivity index (χ3n) is 5.81. The first-order valence-corrected chi connectivity index (χ1v) is 9.62. The van der Waals surface area contributed by atoms with Gasteiger partial charge in [-0.3, -0.25) is 4.79 Å². The van der Waals surface area contributed by atoms with E-state index in [1.54, 1.807) is 0 Å². The van der Waals surface area contributed by atoms with Crippen LogP contribution in [0.5, 0.6) is 0 Å². The average Bonchev–Trinajstić information content (AvgIpc) is 2.60. The van der Waals surface area contributed by atoms with Crippen molar-refractivity contribution < 1.29 is 9.53 Å². The minimum atomic E-state index is 0.0125. The van der Waals surface area contributed by atoms with Gasteiger partial charge in [0.15, 0.2) is 0 Å². The number of nitrogens with zero attached hydrogens (tertiary/aromatic N) is 2. The smallest absolute Gasteiger partial charge is 0.253 e. The number of ether oxygens (including phenoxy) is 1. The number of aryl methyl sites for hydroxylation is 1. The predicted octanol–water partition coefficient (Wildman–Crippen LogP) is 3.35. The highest BCUT2D eigenvalue weighted by atomic mass is 16.5. The lowest BCUT2D eigenvalue weighted by Gasteiger charge is -2.46. The molecule has 0 bridgehead atoms. The van der Waals surface area contributed by atoms with Gasteiger partial charge in [-0.05, 0) is 77.7 Å². The summed E-state index contributed by atoms with van der Waals surface area (Å²) in [6.07, 6.45) is 5.55. The minimum Gasteiger partial charge on any atom is -0.375 e. The van der Waals surface area contributed by atoms with E-state index in [1.807, 2.05) is 36.1 Å². The first kappa shape index (κ1) is 18.4. The molecule has 2 saturated heterocycles. The molecule has 1 aromatic rings. The molecule has 4 nitrogen and oxygen atoms in total. The van der Waals surface area contributed by atoms with Crippen LogP contribution in [-0.4, -0.2) is 61.6 Å². The normalized spacial score (nSPS) is 23.2. The van der Waals surface area contributed by atoms with E-state index in [4.69, 9.17) is 4.74 Å². The van der Waals surface area contributed by atoms with Gasteiger partial charge in [-0.2, -0.15) is 0 Å². The zero-order chi connectivity index (χ0) is 17.9. The number of amides is 1. The number of benzene rings is 1. The predicted molar refractivity (Wildman–Crippen MR) is 101 cm³/mol. The van der Waals surface area contributed by atoms with Gasteiger partial charge in [-0.25, -0.2) is 0 Å². The molecule has 0 aromatic heterocycles. The van der Waals surface area contributed by atoms with E-state index in [2.05, 4.69) is 19.0 Å². The number of carbonyl (C=O) groups excluding carboxylic acids is 1. The fourth-order valence-corrected chi connectivity index (χ4v) is 4.24. The topological polar surface area (TPSA) is 32.8 Å². The van der Waals surface area contributed by atoms with Crippen LogP contribution in [0.1, 0.15) is 48.0 Å². The van der Waals surface area contributed by atoms with E-state index in [9.17, 15) is 4.79 Å². The molecular weight excluding hydrogens is 312 g/mol. The van der Waals surface area contributed by atoms with E-state index in [1.165, 1.54) is 12.8 Å². The Labute approximate surface area is 152 Å². The van der Waals surface area contributed by atoms with Crippen LogP contribution in [0.25, 0.3) is 0 Å². The molecule has 1 amide bonds. The number of likely N-dealkylation sites (tertiary alicyclic amines) is 1. The van der Waals surface area contributed by atoms with Crippen molar-refractivity contribution in [1.82, 2.24) is 9.80 Å². The van der Waals surface area contributed by atoms with Crippen molar-refractivity contribution in [3.63, 3.8) is 0 Å². The fraction of sp³-hybridized carbons (Fsp3) is 0.667. The highest BCUT2D eigenvalue weighted by Crippen LogP contribution is 2.39. The minimum absolute atomic E-state index is 0.0125. The lowest BCUT2D eigenvalue weighted by Crippen LogP contribution is -2.51. The first-order chi connectivity index (χ1) is 12.0. The molecule has 1 atom stereocenters. The molecule has 0 saturated carbocycles. The Balaban J connectivity index is 1.56. The van der Waals surface area contributed by atoms with Crippen LogP contribution >= 0.6 is 0 Å². The number of piperidine rings is 1. The zero-order valence-corrected chi connectivity index (χ0v) is 16.0. The third-order valence-corrected chi connectivity index (χ3v) is 5.81. The molecule has 2 fully saturated rings. The van der Waals surface area contributed by atoms with Crippen molar-refractivity contribution >= 4 is 5.91 Å². The van der Waals surface area contributed by atoms with E-state index in [-0.39, 0.29) is 11.5 Å². The summed E-state index contributed by atoms with van der Waals surface area (Å²) in [5.74, 6) is 0.925. The standard InChI is InChI=1S/C21H32N2O2/c1-17-5-4-6-19(15-17)20(24)23-12-9-21(10-13-23)16-18(8-14-25-21)7-11-22(2)3/h4-6,15,18H,7-14,16H2,1-3H3. The van der Waals surface area contributed by atoms with Gasteiger partial charge >= 0.3 is 0 Å². The monoisotopic (exact) mass is 344 g/mol. The third kappa shape index (κ3) is 4.62.